The molecule has 0 heterocycles. The van der Waals surface area contributed by atoms with Gasteiger partial charge in [0.2, 0.25) is 16.3 Å². The van der Waals surface area contributed by atoms with Gasteiger partial charge in [0.25, 0.3) is 0 Å². The van der Waals surface area contributed by atoms with Crippen LogP contribution in [0.1, 0.15) is 13.8 Å². The van der Waals surface area contributed by atoms with E-state index in [0.717, 1.165) is 5.76 Å². The summed E-state index contributed by atoms with van der Waals surface area (Å²) in [4.78, 5) is 0. The SMILES string of the molecule is CC=C(O[SiH3])C(C)(OC)OC. The summed E-state index contributed by atoms with van der Waals surface area (Å²) in [6.45, 7) is 3.71. The minimum absolute atomic E-state index is 0.644. The second-order valence-electron chi connectivity index (χ2n) is 2.21. The van der Waals surface area contributed by atoms with Crippen LogP contribution in [0.3, 0.4) is 0 Å². The maximum absolute atomic E-state index is 5.20. The monoisotopic (exact) mass is 176 g/mol. The number of rotatable bonds is 4. The smallest absolute Gasteiger partial charge is 0.222 e. The Morgan fingerprint density at radius 2 is 1.82 bits per heavy atom. The van der Waals surface area contributed by atoms with Gasteiger partial charge in [0.05, 0.1) is 0 Å². The first-order valence-corrected chi connectivity index (χ1v) is 4.27. The summed E-state index contributed by atoms with van der Waals surface area (Å²) >= 11 is 0. The van der Waals surface area contributed by atoms with Gasteiger partial charge in [-0.05, 0) is 19.9 Å². The van der Waals surface area contributed by atoms with E-state index in [1.807, 2.05) is 19.9 Å². The summed E-state index contributed by atoms with van der Waals surface area (Å²) in [6.07, 6.45) is 1.85. The average Bonchev–Trinajstić information content (AvgIpc) is 2.06. The van der Waals surface area contributed by atoms with Gasteiger partial charge in [0.15, 0.2) is 0 Å². The number of ether oxygens (including phenoxy) is 2. The molecule has 0 rings (SSSR count). The molecule has 0 spiro atoms. The van der Waals surface area contributed by atoms with Crippen molar-refractivity contribution >= 4 is 10.5 Å². The first kappa shape index (κ1) is 10.7. The first-order valence-electron chi connectivity index (χ1n) is 3.45. The predicted molar refractivity (Wildman–Crippen MR) is 47.2 cm³/mol. The molecule has 0 bridgehead atoms. The van der Waals surface area contributed by atoms with Gasteiger partial charge >= 0.3 is 0 Å². The highest BCUT2D eigenvalue weighted by Gasteiger charge is 2.28. The van der Waals surface area contributed by atoms with E-state index in [1.165, 1.54) is 0 Å². The van der Waals surface area contributed by atoms with Crippen LogP contribution in [0.25, 0.3) is 0 Å². The van der Waals surface area contributed by atoms with Crippen LogP contribution < -0.4 is 0 Å². The first-order chi connectivity index (χ1) is 5.14. The predicted octanol–water partition coefficient (Wildman–Crippen LogP) is 0.196. The lowest BCUT2D eigenvalue weighted by Crippen LogP contribution is -2.33. The number of hydrogen-bond donors (Lipinski definition) is 0. The summed E-state index contributed by atoms with van der Waals surface area (Å²) in [5.74, 6) is 0.00502. The second-order valence-corrected chi connectivity index (χ2v) is 2.62. The topological polar surface area (TPSA) is 27.7 Å². The van der Waals surface area contributed by atoms with E-state index >= 15 is 0 Å². The van der Waals surface area contributed by atoms with Crippen molar-refractivity contribution < 1.29 is 13.9 Å². The minimum Gasteiger partial charge on any atom is -0.553 e. The zero-order valence-corrected chi connectivity index (χ0v) is 9.80. The number of allylic oxidation sites excluding steroid dienone is 1. The van der Waals surface area contributed by atoms with Crippen molar-refractivity contribution in [3.05, 3.63) is 11.8 Å². The fourth-order valence-corrected chi connectivity index (χ4v) is 1.46. The molecule has 0 aliphatic carbocycles. The standard InChI is InChI=1S/C7H16O3Si/c1-5-6(10-11)7(2,8-3)9-4/h5H,1-4,11H3. The molecule has 0 saturated carbocycles. The Bertz CT molecular complexity index is 141. The molecule has 0 atom stereocenters. The van der Waals surface area contributed by atoms with Crippen molar-refractivity contribution in [1.82, 2.24) is 0 Å². The van der Waals surface area contributed by atoms with Crippen molar-refractivity contribution in [3.63, 3.8) is 0 Å². The van der Waals surface area contributed by atoms with Crippen LogP contribution in [0, 0.1) is 0 Å². The Hall–Kier alpha value is -0.323. The van der Waals surface area contributed by atoms with E-state index in [-0.39, 0.29) is 0 Å². The van der Waals surface area contributed by atoms with Crippen molar-refractivity contribution in [3.8, 4) is 0 Å². The van der Waals surface area contributed by atoms with E-state index in [9.17, 15) is 0 Å². The fraction of sp³-hybridized carbons (Fsp3) is 0.714. The maximum Gasteiger partial charge on any atom is 0.222 e. The third-order valence-corrected chi connectivity index (χ3v) is 2.15. The van der Waals surface area contributed by atoms with Crippen LogP contribution in [0.4, 0.5) is 0 Å². The van der Waals surface area contributed by atoms with Crippen LogP contribution in [0.15, 0.2) is 11.8 Å². The third kappa shape index (κ3) is 2.32. The highest BCUT2D eigenvalue weighted by molar-refractivity contribution is 5.98. The molecule has 0 aliphatic rings. The third-order valence-electron chi connectivity index (χ3n) is 1.71. The molecular weight excluding hydrogens is 160 g/mol. The Kier molecular flexibility index (Phi) is 4.40. The van der Waals surface area contributed by atoms with Gasteiger partial charge in [0.1, 0.15) is 5.76 Å². The lowest BCUT2D eigenvalue weighted by molar-refractivity contribution is -0.180. The van der Waals surface area contributed by atoms with E-state index in [4.69, 9.17) is 13.9 Å². The molecule has 4 heteroatoms. The maximum atomic E-state index is 5.20. The minimum atomic E-state index is -0.726. The fourth-order valence-electron chi connectivity index (χ4n) is 0.850. The van der Waals surface area contributed by atoms with Gasteiger partial charge in [-0.2, -0.15) is 0 Å². The van der Waals surface area contributed by atoms with Crippen LogP contribution in [-0.2, 0) is 13.9 Å². The normalized spacial score (nSPS) is 13.6. The number of hydrogen-bond acceptors (Lipinski definition) is 3. The lowest BCUT2D eigenvalue weighted by Gasteiger charge is -2.28. The Labute approximate surface area is 70.9 Å². The van der Waals surface area contributed by atoms with Crippen LogP contribution in [-0.4, -0.2) is 30.5 Å². The van der Waals surface area contributed by atoms with Crippen molar-refractivity contribution in [2.45, 2.75) is 19.6 Å². The molecule has 0 aromatic heterocycles. The van der Waals surface area contributed by atoms with Gasteiger partial charge in [0, 0.05) is 14.2 Å². The highest BCUT2D eigenvalue weighted by atomic mass is 28.2. The van der Waals surface area contributed by atoms with Gasteiger partial charge in [-0.1, -0.05) is 0 Å². The molecule has 3 nitrogen and oxygen atoms in total. The van der Waals surface area contributed by atoms with E-state index in [0.29, 0.717) is 10.5 Å². The summed E-state index contributed by atoms with van der Waals surface area (Å²) in [5, 5.41) is 0. The zero-order valence-electron chi connectivity index (χ0n) is 7.80. The molecule has 0 aromatic carbocycles. The van der Waals surface area contributed by atoms with Crippen molar-refractivity contribution in [1.29, 1.82) is 0 Å². The van der Waals surface area contributed by atoms with E-state index in [2.05, 4.69) is 0 Å². The Morgan fingerprint density at radius 1 is 1.36 bits per heavy atom. The molecule has 0 unspecified atom stereocenters. The van der Waals surface area contributed by atoms with Crippen molar-refractivity contribution in [2.75, 3.05) is 14.2 Å². The molecule has 0 radical (unpaired) electrons. The quantitative estimate of drug-likeness (QED) is 0.348. The van der Waals surface area contributed by atoms with Crippen LogP contribution in [0.5, 0.6) is 0 Å². The molecule has 0 saturated heterocycles. The summed E-state index contributed by atoms with van der Waals surface area (Å²) in [6, 6.07) is 0. The molecule has 0 aliphatic heterocycles. The van der Waals surface area contributed by atoms with E-state index in [1.54, 1.807) is 14.2 Å². The van der Waals surface area contributed by atoms with Gasteiger partial charge in [-0.25, -0.2) is 0 Å². The Balaban J connectivity index is 4.46. The largest absolute Gasteiger partial charge is 0.553 e. The highest BCUT2D eigenvalue weighted by Crippen LogP contribution is 2.20. The van der Waals surface area contributed by atoms with Gasteiger partial charge < -0.3 is 13.9 Å². The molecule has 11 heavy (non-hydrogen) atoms. The van der Waals surface area contributed by atoms with Crippen molar-refractivity contribution in [2.24, 2.45) is 0 Å². The second kappa shape index (κ2) is 4.53. The van der Waals surface area contributed by atoms with Gasteiger partial charge in [-0.15, -0.1) is 0 Å². The molecule has 0 aromatic rings. The van der Waals surface area contributed by atoms with Crippen LogP contribution in [0.2, 0.25) is 0 Å². The van der Waals surface area contributed by atoms with E-state index < -0.39 is 5.79 Å². The van der Waals surface area contributed by atoms with Crippen LogP contribution >= 0.6 is 0 Å². The Morgan fingerprint density at radius 3 is 1.91 bits per heavy atom. The molecule has 0 fully saturated rings. The number of methoxy groups -OCH3 is 2. The zero-order chi connectivity index (χ0) is 8.91. The lowest BCUT2D eigenvalue weighted by atomic mass is 10.2. The van der Waals surface area contributed by atoms with Gasteiger partial charge in [-0.3, -0.25) is 0 Å². The summed E-state index contributed by atoms with van der Waals surface area (Å²) in [7, 11) is 3.83. The molecule has 66 valence electrons. The molecule has 0 N–H and O–H groups in total. The molecular formula is C7H16O3Si. The average molecular weight is 176 g/mol. The molecule has 0 amide bonds. The summed E-state index contributed by atoms with van der Waals surface area (Å²) in [5.41, 5.74) is 0. The summed E-state index contributed by atoms with van der Waals surface area (Å²) < 4.78 is 15.5.